The molecule has 0 saturated carbocycles. The lowest BCUT2D eigenvalue weighted by molar-refractivity contribution is -0.114. The highest BCUT2D eigenvalue weighted by Gasteiger charge is 2.39. The molecule has 0 spiro atoms. The zero-order valence-corrected chi connectivity index (χ0v) is 21.0. The molecule has 1 aromatic heterocycles. The molecule has 0 saturated heterocycles. The maximum absolute atomic E-state index is 13.3. The van der Waals surface area contributed by atoms with E-state index in [4.69, 9.17) is 0 Å². The van der Waals surface area contributed by atoms with Crippen molar-refractivity contribution in [2.24, 2.45) is 10.9 Å². The summed E-state index contributed by atoms with van der Waals surface area (Å²) in [5, 5.41) is 20.4. The Morgan fingerprint density at radius 1 is 1.06 bits per heavy atom. The largest absolute Gasteiger partial charge is 0.325 e. The van der Waals surface area contributed by atoms with E-state index in [0.29, 0.717) is 22.0 Å². The van der Waals surface area contributed by atoms with Gasteiger partial charge in [0.25, 0.3) is 5.91 Å². The molecule has 1 aliphatic rings. The van der Waals surface area contributed by atoms with E-state index in [1.807, 2.05) is 78.3 Å². The summed E-state index contributed by atoms with van der Waals surface area (Å²) in [4.78, 5) is 30.5. The first-order valence-corrected chi connectivity index (χ1v) is 13.0. The van der Waals surface area contributed by atoms with Crippen LogP contribution in [0.25, 0.3) is 0 Å². The average Bonchev–Trinajstić information content (AvgIpc) is 3.37. The number of hydrogen-bond acceptors (Lipinski definition) is 6. The molecular weight excluding hydrogens is 476 g/mol. The number of anilines is 2. The summed E-state index contributed by atoms with van der Waals surface area (Å²) >= 11 is 2.75. The van der Waals surface area contributed by atoms with E-state index in [1.54, 1.807) is 6.92 Å². The monoisotopic (exact) mass is 500 g/mol. The van der Waals surface area contributed by atoms with Crippen LogP contribution in [0.3, 0.4) is 0 Å². The second kappa shape index (κ2) is 11.2. The fraction of sp³-hybridized carbons (Fsp3) is 0.185. The average molecular weight is 501 g/mol. The van der Waals surface area contributed by atoms with Gasteiger partial charge in [0.05, 0.1) is 16.9 Å². The van der Waals surface area contributed by atoms with E-state index < -0.39 is 11.8 Å². The van der Waals surface area contributed by atoms with Crippen molar-refractivity contribution in [3.8, 4) is 6.07 Å². The van der Waals surface area contributed by atoms with Crippen molar-refractivity contribution in [3.05, 3.63) is 93.8 Å². The van der Waals surface area contributed by atoms with Gasteiger partial charge < -0.3 is 10.6 Å². The third-order valence-electron chi connectivity index (χ3n) is 5.55. The normalized spacial score (nSPS) is 17.3. The molecular formula is C27H24N4O2S2. The predicted molar refractivity (Wildman–Crippen MR) is 144 cm³/mol. The van der Waals surface area contributed by atoms with Crippen LogP contribution in [-0.4, -0.2) is 22.6 Å². The number of thioether (sulfide) groups is 1. The summed E-state index contributed by atoms with van der Waals surface area (Å²) in [5.74, 6) is -1.51. The van der Waals surface area contributed by atoms with Gasteiger partial charge in [0, 0.05) is 28.6 Å². The minimum Gasteiger partial charge on any atom is -0.325 e. The standard InChI is InChI=1S/C27H24N4O2S2/c1-17-7-6-10-21(13-17)30-23(32)16-35-27-22(14-28)25(19-11-12-34-15-19)24(18(2)29-27)26(33)31-20-8-4-3-5-9-20/h3-13,15,22,25H,16H2,1-2H3,(H,30,32)(H,31,33). The zero-order chi connectivity index (χ0) is 24.8. The number of thiophene rings is 1. The molecule has 2 N–H and O–H groups in total. The van der Waals surface area contributed by atoms with Gasteiger partial charge in [-0.2, -0.15) is 16.6 Å². The summed E-state index contributed by atoms with van der Waals surface area (Å²) in [6.07, 6.45) is 0. The van der Waals surface area contributed by atoms with Crippen molar-refractivity contribution < 1.29 is 9.59 Å². The Kier molecular flexibility index (Phi) is 7.80. The van der Waals surface area contributed by atoms with Crippen molar-refractivity contribution >= 4 is 51.3 Å². The Hall–Kier alpha value is -3.67. The molecule has 0 bridgehead atoms. The number of benzene rings is 2. The highest BCUT2D eigenvalue weighted by Crippen LogP contribution is 2.42. The topological polar surface area (TPSA) is 94.4 Å². The summed E-state index contributed by atoms with van der Waals surface area (Å²) in [6.45, 7) is 3.74. The number of nitriles is 1. The number of carbonyl (C=O) groups excluding carboxylic acids is 2. The molecule has 1 aliphatic heterocycles. The molecule has 0 aliphatic carbocycles. The first-order valence-electron chi connectivity index (χ1n) is 11.0. The van der Waals surface area contributed by atoms with Crippen molar-refractivity contribution in [1.82, 2.24) is 0 Å². The summed E-state index contributed by atoms with van der Waals surface area (Å²) in [5.41, 5.74) is 4.35. The summed E-state index contributed by atoms with van der Waals surface area (Å²) < 4.78 is 0. The number of carbonyl (C=O) groups is 2. The first kappa shape index (κ1) is 24.5. The summed E-state index contributed by atoms with van der Waals surface area (Å²) in [6, 6.07) is 21.1. The number of rotatable bonds is 6. The number of amides is 2. The maximum atomic E-state index is 13.3. The molecule has 0 fully saturated rings. The van der Waals surface area contributed by atoms with E-state index >= 15 is 0 Å². The van der Waals surface area contributed by atoms with Crippen LogP contribution in [0.5, 0.6) is 0 Å². The molecule has 2 aromatic carbocycles. The van der Waals surface area contributed by atoms with Gasteiger partial charge in [-0.05, 0) is 66.1 Å². The highest BCUT2D eigenvalue weighted by atomic mass is 32.2. The number of aryl methyl sites for hydroxylation is 1. The molecule has 4 rings (SSSR count). The molecule has 176 valence electrons. The number of nitrogens with zero attached hydrogens (tertiary/aromatic N) is 2. The lowest BCUT2D eigenvalue weighted by atomic mass is 9.79. The number of nitrogens with one attached hydrogen (secondary N) is 2. The molecule has 8 heteroatoms. The van der Waals surface area contributed by atoms with Gasteiger partial charge in [0.1, 0.15) is 5.92 Å². The Labute approximate surface area is 212 Å². The van der Waals surface area contributed by atoms with Gasteiger partial charge in [-0.25, -0.2) is 4.99 Å². The van der Waals surface area contributed by atoms with Gasteiger partial charge in [-0.15, -0.1) is 0 Å². The van der Waals surface area contributed by atoms with Crippen molar-refractivity contribution in [1.29, 1.82) is 5.26 Å². The second-order valence-corrected chi connectivity index (χ2v) is 9.89. The maximum Gasteiger partial charge on any atom is 0.254 e. The van der Waals surface area contributed by atoms with Crippen molar-refractivity contribution in [2.75, 3.05) is 16.4 Å². The zero-order valence-electron chi connectivity index (χ0n) is 19.3. The SMILES string of the molecule is CC1=C(C(=O)Nc2ccccc2)C(c2ccsc2)C(C#N)C(SCC(=O)Nc2cccc(C)c2)=N1. The predicted octanol–water partition coefficient (Wildman–Crippen LogP) is 5.98. The van der Waals surface area contributed by atoms with E-state index in [1.165, 1.54) is 23.1 Å². The van der Waals surface area contributed by atoms with E-state index in [9.17, 15) is 14.9 Å². The lowest BCUT2D eigenvalue weighted by Crippen LogP contribution is -2.31. The van der Waals surface area contributed by atoms with Gasteiger partial charge in [-0.1, -0.05) is 42.1 Å². The second-order valence-electron chi connectivity index (χ2n) is 8.12. The summed E-state index contributed by atoms with van der Waals surface area (Å²) in [7, 11) is 0. The Balaban J connectivity index is 1.59. The molecule has 2 atom stereocenters. The number of para-hydroxylation sites is 1. The highest BCUT2D eigenvalue weighted by molar-refractivity contribution is 8.14. The van der Waals surface area contributed by atoms with E-state index in [0.717, 1.165) is 16.8 Å². The van der Waals surface area contributed by atoms with Gasteiger partial charge in [-0.3, -0.25) is 9.59 Å². The molecule has 2 amide bonds. The van der Waals surface area contributed by atoms with Gasteiger partial charge >= 0.3 is 0 Å². The number of allylic oxidation sites excluding steroid dienone is 1. The fourth-order valence-corrected chi connectivity index (χ4v) is 5.59. The molecule has 3 aromatic rings. The molecule has 35 heavy (non-hydrogen) atoms. The van der Waals surface area contributed by atoms with Crippen molar-refractivity contribution in [3.63, 3.8) is 0 Å². The number of aliphatic imine (C=N–C) groups is 1. The van der Waals surface area contributed by atoms with Gasteiger partial charge in [0.15, 0.2) is 0 Å². The minimum atomic E-state index is -0.679. The molecule has 6 nitrogen and oxygen atoms in total. The van der Waals surface area contributed by atoms with Crippen LogP contribution < -0.4 is 10.6 Å². The molecule has 2 unspecified atom stereocenters. The Morgan fingerprint density at radius 3 is 2.51 bits per heavy atom. The van der Waals surface area contributed by atoms with Gasteiger partial charge in [0.2, 0.25) is 5.91 Å². The van der Waals surface area contributed by atoms with Crippen LogP contribution in [0.2, 0.25) is 0 Å². The van der Waals surface area contributed by atoms with Crippen LogP contribution in [-0.2, 0) is 9.59 Å². The van der Waals surface area contributed by atoms with Crippen LogP contribution in [0.1, 0.15) is 24.0 Å². The minimum absolute atomic E-state index is 0.111. The van der Waals surface area contributed by atoms with E-state index in [2.05, 4.69) is 21.7 Å². The quantitative estimate of drug-likeness (QED) is 0.436. The Morgan fingerprint density at radius 2 is 1.83 bits per heavy atom. The van der Waals surface area contributed by atoms with Crippen LogP contribution in [0.4, 0.5) is 11.4 Å². The van der Waals surface area contributed by atoms with Crippen LogP contribution >= 0.6 is 23.1 Å². The third-order valence-corrected chi connectivity index (χ3v) is 7.30. The number of hydrogen-bond donors (Lipinski definition) is 2. The lowest BCUT2D eigenvalue weighted by Gasteiger charge is -2.29. The smallest absolute Gasteiger partial charge is 0.254 e. The fourth-order valence-electron chi connectivity index (χ4n) is 3.98. The third kappa shape index (κ3) is 5.88. The van der Waals surface area contributed by atoms with Crippen molar-refractivity contribution in [2.45, 2.75) is 19.8 Å². The van der Waals surface area contributed by atoms with Crippen LogP contribution in [0.15, 0.2) is 87.7 Å². The van der Waals surface area contributed by atoms with Crippen LogP contribution in [0, 0.1) is 24.2 Å². The van der Waals surface area contributed by atoms with E-state index in [-0.39, 0.29) is 17.6 Å². The molecule has 2 heterocycles. The Bertz CT molecular complexity index is 1320. The molecule has 0 radical (unpaired) electrons. The first-order chi connectivity index (χ1) is 17.0.